The molecule has 0 unspecified atom stereocenters. The van der Waals surface area contributed by atoms with Crippen molar-refractivity contribution in [3.8, 4) is 33.4 Å². The fourth-order valence-electron chi connectivity index (χ4n) is 8.90. The van der Waals surface area contributed by atoms with Gasteiger partial charge in [-0.2, -0.15) is 0 Å². The third-order valence-corrected chi connectivity index (χ3v) is 11.6. The van der Waals surface area contributed by atoms with Crippen LogP contribution in [0.5, 0.6) is 0 Å². The number of H-pyrrole nitrogens is 1. The molecular weight excluding hydrogens is 657 g/mol. The van der Waals surface area contributed by atoms with Crippen molar-refractivity contribution in [1.82, 2.24) is 4.98 Å². The highest BCUT2D eigenvalue weighted by molar-refractivity contribution is 6.14. The Hall–Kier alpha value is -6.84. The Kier molecular flexibility index (Phi) is 6.60. The average Bonchev–Trinajstić information content (AvgIpc) is 3.86. The minimum atomic E-state index is -0.126. The molecule has 3 heteroatoms. The van der Waals surface area contributed by atoms with Gasteiger partial charge in [0.25, 0.3) is 0 Å². The van der Waals surface area contributed by atoms with Gasteiger partial charge in [-0.05, 0) is 99.6 Å². The number of benzene rings is 8. The Bertz CT molecular complexity index is 3070. The van der Waals surface area contributed by atoms with Crippen molar-refractivity contribution in [2.24, 2.45) is 0 Å². The second kappa shape index (κ2) is 11.6. The lowest BCUT2D eigenvalue weighted by Gasteiger charge is -2.29. The molecule has 2 aromatic heterocycles. The molecule has 0 saturated heterocycles. The topological polar surface area (TPSA) is 32.2 Å². The van der Waals surface area contributed by atoms with E-state index in [2.05, 4.69) is 188 Å². The molecule has 3 nitrogen and oxygen atoms in total. The lowest BCUT2D eigenvalue weighted by molar-refractivity contribution is 0.660. The van der Waals surface area contributed by atoms with Crippen molar-refractivity contribution in [2.45, 2.75) is 19.3 Å². The van der Waals surface area contributed by atoms with E-state index < -0.39 is 0 Å². The summed E-state index contributed by atoms with van der Waals surface area (Å²) in [6.07, 6.45) is 0. The van der Waals surface area contributed by atoms with Crippen LogP contribution in [-0.4, -0.2) is 4.98 Å². The van der Waals surface area contributed by atoms with E-state index in [0.29, 0.717) is 0 Å². The lowest BCUT2D eigenvalue weighted by atomic mass is 9.82. The zero-order valence-corrected chi connectivity index (χ0v) is 30.1. The predicted octanol–water partition coefficient (Wildman–Crippen LogP) is 14.3. The second-order valence-corrected chi connectivity index (χ2v) is 15.0. The Balaban J connectivity index is 1.16. The molecule has 0 aliphatic heterocycles. The van der Waals surface area contributed by atoms with Gasteiger partial charge in [0.1, 0.15) is 11.2 Å². The minimum absolute atomic E-state index is 0.126. The number of aromatic amines is 1. The first kappa shape index (κ1) is 30.8. The van der Waals surface area contributed by atoms with Crippen LogP contribution in [0.4, 0.5) is 17.1 Å². The normalized spacial score (nSPS) is 13.1. The lowest BCUT2D eigenvalue weighted by Crippen LogP contribution is -2.16. The van der Waals surface area contributed by atoms with Crippen LogP contribution in [-0.2, 0) is 5.41 Å². The van der Waals surface area contributed by atoms with Gasteiger partial charge in [-0.3, -0.25) is 0 Å². The van der Waals surface area contributed by atoms with E-state index in [0.717, 1.165) is 61.2 Å². The molecule has 0 radical (unpaired) electrons. The summed E-state index contributed by atoms with van der Waals surface area (Å²) in [6, 6.07) is 63.7. The van der Waals surface area contributed by atoms with Crippen molar-refractivity contribution in [3.05, 3.63) is 187 Å². The minimum Gasteiger partial charge on any atom is -0.456 e. The number of anilines is 3. The monoisotopic (exact) mass is 692 g/mol. The number of furan rings is 1. The van der Waals surface area contributed by atoms with Gasteiger partial charge in [-0.1, -0.05) is 129 Å². The second-order valence-electron chi connectivity index (χ2n) is 15.0. The van der Waals surface area contributed by atoms with Gasteiger partial charge in [0, 0.05) is 55.1 Å². The quantitative estimate of drug-likeness (QED) is 0.195. The van der Waals surface area contributed by atoms with E-state index in [1.54, 1.807) is 0 Å². The number of rotatable bonds is 5. The van der Waals surface area contributed by atoms with E-state index in [1.807, 2.05) is 12.1 Å². The molecule has 0 atom stereocenters. The van der Waals surface area contributed by atoms with Gasteiger partial charge in [0.05, 0.1) is 5.52 Å². The Morgan fingerprint density at radius 2 is 1.09 bits per heavy atom. The summed E-state index contributed by atoms with van der Waals surface area (Å²) < 4.78 is 6.42. The molecule has 0 spiro atoms. The fourth-order valence-corrected chi connectivity index (χ4v) is 8.90. The number of para-hydroxylation sites is 2. The van der Waals surface area contributed by atoms with Crippen LogP contribution < -0.4 is 4.90 Å². The molecule has 1 aliphatic rings. The Labute approximate surface area is 313 Å². The van der Waals surface area contributed by atoms with Crippen LogP contribution in [0.1, 0.15) is 25.0 Å². The van der Waals surface area contributed by atoms with Crippen LogP contribution in [0.15, 0.2) is 180 Å². The molecule has 11 rings (SSSR count). The van der Waals surface area contributed by atoms with Gasteiger partial charge >= 0.3 is 0 Å². The van der Waals surface area contributed by atoms with Gasteiger partial charge in [0.15, 0.2) is 0 Å². The number of hydrogen-bond donors (Lipinski definition) is 1. The molecule has 0 amide bonds. The van der Waals surface area contributed by atoms with E-state index in [1.165, 1.54) is 44.2 Å². The highest BCUT2D eigenvalue weighted by Crippen LogP contribution is 2.51. The van der Waals surface area contributed by atoms with E-state index in [9.17, 15) is 0 Å². The van der Waals surface area contributed by atoms with Crippen molar-refractivity contribution >= 4 is 60.8 Å². The maximum atomic E-state index is 6.42. The Morgan fingerprint density at radius 1 is 0.426 bits per heavy atom. The van der Waals surface area contributed by atoms with Gasteiger partial charge in [-0.25, -0.2) is 0 Å². The molecule has 2 heterocycles. The molecule has 1 N–H and O–H groups in total. The third kappa shape index (κ3) is 4.61. The molecule has 0 bridgehead atoms. The maximum absolute atomic E-state index is 6.42. The van der Waals surface area contributed by atoms with E-state index in [4.69, 9.17) is 4.42 Å². The summed E-state index contributed by atoms with van der Waals surface area (Å²) in [6.45, 7) is 4.70. The summed E-state index contributed by atoms with van der Waals surface area (Å²) >= 11 is 0. The van der Waals surface area contributed by atoms with Gasteiger partial charge < -0.3 is 14.3 Å². The zero-order valence-electron chi connectivity index (χ0n) is 30.1. The van der Waals surface area contributed by atoms with Crippen molar-refractivity contribution in [3.63, 3.8) is 0 Å². The first-order chi connectivity index (χ1) is 26.5. The molecule has 10 aromatic rings. The standard InChI is InChI=1S/C51H36N2O/c1-51(2)45-17-9-6-14-38(45)39-27-25-36(31-46(39)51)53(35-23-20-33(21-24-35)32-12-4-3-5-13-32)37-29-43(50-44(30-37)40-15-7-10-18-47(40)52-50)34-22-26-42-41-16-8-11-19-48(41)54-49(42)28-34/h3-31,52H,1-2H3. The van der Waals surface area contributed by atoms with E-state index in [-0.39, 0.29) is 5.41 Å². The molecule has 54 heavy (non-hydrogen) atoms. The summed E-state index contributed by atoms with van der Waals surface area (Å²) in [5.41, 5.74) is 17.2. The maximum Gasteiger partial charge on any atom is 0.136 e. The average molecular weight is 693 g/mol. The SMILES string of the molecule is CC1(C)c2ccccc2-c2ccc(N(c3ccc(-c4ccccc4)cc3)c3cc(-c4ccc5c(c4)oc4ccccc45)c4[nH]c5ccccc5c4c3)cc21. The summed E-state index contributed by atoms with van der Waals surface area (Å²) in [5, 5.41) is 4.64. The molecule has 8 aromatic carbocycles. The predicted molar refractivity (Wildman–Crippen MR) is 226 cm³/mol. The third-order valence-electron chi connectivity index (χ3n) is 11.6. The first-order valence-corrected chi connectivity index (χ1v) is 18.7. The highest BCUT2D eigenvalue weighted by atomic mass is 16.3. The molecule has 1 aliphatic carbocycles. The van der Waals surface area contributed by atoms with Crippen molar-refractivity contribution in [2.75, 3.05) is 4.90 Å². The van der Waals surface area contributed by atoms with Crippen LogP contribution in [0.25, 0.3) is 77.1 Å². The van der Waals surface area contributed by atoms with Gasteiger partial charge in [-0.15, -0.1) is 0 Å². The zero-order chi connectivity index (χ0) is 36.0. The molecular formula is C51H36N2O. The Morgan fingerprint density at radius 3 is 1.96 bits per heavy atom. The van der Waals surface area contributed by atoms with Crippen LogP contribution >= 0.6 is 0 Å². The summed E-state index contributed by atoms with van der Waals surface area (Å²) in [5.74, 6) is 0. The van der Waals surface area contributed by atoms with E-state index >= 15 is 0 Å². The summed E-state index contributed by atoms with van der Waals surface area (Å²) in [4.78, 5) is 6.23. The van der Waals surface area contributed by atoms with Gasteiger partial charge in [0.2, 0.25) is 0 Å². The molecule has 0 fully saturated rings. The number of hydrogen-bond acceptors (Lipinski definition) is 2. The van der Waals surface area contributed by atoms with Crippen LogP contribution in [0, 0.1) is 0 Å². The first-order valence-electron chi connectivity index (χ1n) is 18.7. The number of nitrogens with one attached hydrogen (secondary N) is 1. The van der Waals surface area contributed by atoms with Crippen LogP contribution in [0.3, 0.4) is 0 Å². The summed E-state index contributed by atoms with van der Waals surface area (Å²) in [7, 11) is 0. The fraction of sp³-hybridized carbons (Fsp3) is 0.0588. The van der Waals surface area contributed by atoms with Crippen molar-refractivity contribution in [1.29, 1.82) is 0 Å². The number of aromatic nitrogens is 1. The number of fused-ring (bicyclic) bond motifs is 9. The molecule has 0 saturated carbocycles. The van der Waals surface area contributed by atoms with Crippen LogP contribution in [0.2, 0.25) is 0 Å². The number of nitrogens with zero attached hydrogens (tertiary/aromatic N) is 1. The highest BCUT2D eigenvalue weighted by Gasteiger charge is 2.35. The van der Waals surface area contributed by atoms with Crippen molar-refractivity contribution < 1.29 is 4.42 Å². The molecule has 256 valence electrons. The largest absolute Gasteiger partial charge is 0.456 e. The smallest absolute Gasteiger partial charge is 0.136 e.